The van der Waals surface area contributed by atoms with Crippen molar-refractivity contribution in [1.29, 1.82) is 0 Å². The van der Waals surface area contributed by atoms with Crippen molar-refractivity contribution in [3.8, 4) is 0 Å². The highest BCUT2D eigenvalue weighted by Gasteiger charge is 2.42. The first-order valence-corrected chi connectivity index (χ1v) is 11.6. The minimum Gasteiger partial charge on any atom is -0.469 e. The van der Waals surface area contributed by atoms with Gasteiger partial charge in [-0.2, -0.15) is 0 Å². The standard InChI is InChI=1S/C25H40O4/c1-3-16-25(17-9-18-25)21(19-26)11-8-10-20-14-15-23(27)22(20)12-6-4-5-7-13-24(28)29-2/h4,6,8,10,20-22,26H,3,5,7,9,11-19H2,1-2H3/b6-4-,10-8+/t20-,21?,22?/m0/s1. The van der Waals surface area contributed by atoms with Crippen LogP contribution in [0, 0.1) is 23.2 Å². The number of carbonyl (C=O) groups is 2. The summed E-state index contributed by atoms with van der Waals surface area (Å²) in [5.74, 6) is 0.976. The number of carbonyl (C=O) groups excluding carboxylic acids is 2. The number of hydrogen-bond acceptors (Lipinski definition) is 4. The Morgan fingerprint density at radius 3 is 2.72 bits per heavy atom. The third-order valence-electron chi connectivity index (χ3n) is 7.18. The van der Waals surface area contributed by atoms with E-state index in [4.69, 9.17) is 0 Å². The van der Waals surface area contributed by atoms with Crippen LogP contribution in [0.25, 0.3) is 0 Å². The zero-order valence-electron chi connectivity index (χ0n) is 18.4. The molecule has 2 aliphatic rings. The number of aliphatic hydroxyl groups excluding tert-OH is 1. The number of aliphatic hydroxyl groups is 1. The topological polar surface area (TPSA) is 63.6 Å². The molecule has 0 amide bonds. The number of allylic oxidation sites excluding steroid dienone is 4. The summed E-state index contributed by atoms with van der Waals surface area (Å²) >= 11 is 0. The second kappa shape index (κ2) is 12.3. The molecule has 0 aromatic carbocycles. The molecular formula is C25H40O4. The summed E-state index contributed by atoms with van der Waals surface area (Å²) in [6, 6.07) is 0. The van der Waals surface area contributed by atoms with Crippen molar-refractivity contribution in [3.05, 3.63) is 24.3 Å². The Kier molecular flexibility index (Phi) is 10.1. The van der Waals surface area contributed by atoms with Gasteiger partial charge in [0, 0.05) is 25.4 Å². The number of ketones is 1. The maximum Gasteiger partial charge on any atom is 0.305 e. The Bertz CT molecular complexity index is 573. The molecule has 1 N–H and O–H groups in total. The minimum absolute atomic E-state index is 0.0870. The zero-order chi connectivity index (χ0) is 21.1. The van der Waals surface area contributed by atoms with E-state index >= 15 is 0 Å². The fourth-order valence-electron chi connectivity index (χ4n) is 5.22. The molecule has 0 spiro atoms. The van der Waals surface area contributed by atoms with Gasteiger partial charge in [-0.1, -0.05) is 44.1 Å². The molecule has 29 heavy (non-hydrogen) atoms. The normalized spacial score (nSPS) is 24.9. The first-order valence-electron chi connectivity index (χ1n) is 11.6. The molecule has 0 heterocycles. The van der Waals surface area contributed by atoms with E-state index in [0.717, 1.165) is 32.1 Å². The van der Waals surface area contributed by atoms with E-state index in [-0.39, 0.29) is 18.5 Å². The summed E-state index contributed by atoms with van der Waals surface area (Å²) in [5.41, 5.74) is 0.353. The molecule has 2 unspecified atom stereocenters. The Hall–Kier alpha value is -1.42. The molecule has 0 aromatic rings. The first kappa shape index (κ1) is 23.9. The number of hydrogen-bond donors (Lipinski definition) is 1. The van der Waals surface area contributed by atoms with Gasteiger partial charge in [0.2, 0.25) is 0 Å². The second-order valence-corrected chi connectivity index (χ2v) is 8.96. The molecule has 2 rings (SSSR count). The van der Waals surface area contributed by atoms with E-state index in [9.17, 15) is 14.7 Å². The van der Waals surface area contributed by atoms with Crippen molar-refractivity contribution in [2.45, 2.75) is 84.0 Å². The average molecular weight is 405 g/mol. The fourth-order valence-corrected chi connectivity index (χ4v) is 5.22. The van der Waals surface area contributed by atoms with Crippen molar-refractivity contribution in [1.82, 2.24) is 0 Å². The van der Waals surface area contributed by atoms with E-state index in [1.165, 1.54) is 39.2 Å². The van der Waals surface area contributed by atoms with Gasteiger partial charge in [0.1, 0.15) is 5.78 Å². The molecule has 0 aromatic heterocycles. The van der Waals surface area contributed by atoms with Gasteiger partial charge in [-0.25, -0.2) is 0 Å². The number of esters is 1. The third-order valence-corrected chi connectivity index (χ3v) is 7.18. The van der Waals surface area contributed by atoms with Crippen LogP contribution in [0.5, 0.6) is 0 Å². The minimum atomic E-state index is -0.168. The van der Waals surface area contributed by atoms with Crippen LogP contribution < -0.4 is 0 Å². The summed E-state index contributed by atoms with van der Waals surface area (Å²) in [6.45, 7) is 2.51. The highest BCUT2D eigenvalue weighted by Crippen LogP contribution is 2.51. The highest BCUT2D eigenvalue weighted by atomic mass is 16.5. The van der Waals surface area contributed by atoms with Crippen LogP contribution in [0.4, 0.5) is 0 Å². The Balaban J connectivity index is 1.80. The maximum absolute atomic E-state index is 12.3. The molecule has 0 radical (unpaired) electrons. The SMILES string of the molecule is CCCC1(C(CO)C/C=C/[C@H]2CCC(=O)C2C/C=C\CCCC(=O)OC)CCC1. The van der Waals surface area contributed by atoms with Gasteiger partial charge < -0.3 is 9.84 Å². The molecule has 4 nitrogen and oxygen atoms in total. The summed E-state index contributed by atoms with van der Waals surface area (Å²) in [5, 5.41) is 9.95. The van der Waals surface area contributed by atoms with Crippen LogP contribution in [-0.4, -0.2) is 30.6 Å². The molecule has 164 valence electrons. The fraction of sp³-hybridized carbons (Fsp3) is 0.760. The van der Waals surface area contributed by atoms with E-state index in [1.807, 2.05) is 0 Å². The number of unbranched alkanes of at least 4 members (excludes halogenated alkanes) is 1. The van der Waals surface area contributed by atoms with Gasteiger partial charge in [-0.3, -0.25) is 9.59 Å². The van der Waals surface area contributed by atoms with Gasteiger partial charge in [0.25, 0.3) is 0 Å². The maximum atomic E-state index is 12.3. The van der Waals surface area contributed by atoms with Crippen LogP contribution in [0.1, 0.15) is 84.0 Å². The van der Waals surface area contributed by atoms with Crippen LogP contribution >= 0.6 is 0 Å². The lowest BCUT2D eigenvalue weighted by molar-refractivity contribution is -0.140. The molecule has 4 heteroatoms. The summed E-state index contributed by atoms with van der Waals surface area (Å²) in [6.07, 6.45) is 20.3. The quantitative estimate of drug-likeness (QED) is 0.254. The summed E-state index contributed by atoms with van der Waals surface area (Å²) < 4.78 is 4.64. The van der Waals surface area contributed by atoms with E-state index in [0.29, 0.717) is 35.9 Å². The van der Waals surface area contributed by atoms with Crippen molar-refractivity contribution >= 4 is 11.8 Å². The van der Waals surface area contributed by atoms with E-state index in [1.54, 1.807) is 0 Å². The Labute approximate surface area is 176 Å². The van der Waals surface area contributed by atoms with Crippen LogP contribution in [0.3, 0.4) is 0 Å². The summed E-state index contributed by atoms with van der Waals surface area (Å²) in [4.78, 5) is 23.4. The lowest BCUT2D eigenvalue weighted by atomic mass is 9.58. The van der Waals surface area contributed by atoms with Crippen molar-refractivity contribution in [3.63, 3.8) is 0 Å². The third kappa shape index (κ3) is 6.80. The van der Waals surface area contributed by atoms with Gasteiger partial charge in [0.15, 0.2) is 0 Å². The lowest BCUT2D eigenvalue weighted by Gasteiger charge is -2.47. The van der Waals surface area contributed by atoms with Gasteiger partial charge in [-0.05, 0) is 68.6 Å². The van der Waals surface area contributed by atoms with Crippen LogP contribution in [0.15, 0.2) is 24.3 Å². The molecular weight excluding hydrogens is 364 g/mol. The molecule has 2 aliphatic carbocycles. The first-order chi connectivity index (χ1) is 14.1. The van der Waals surface area contributed by atoms with Gasteiger partial charge in [-0.15, -0.1) is 0 Å². The monoisotopic (exact) mass is 404 g/mol. The van der Waals surface area contributed by atoms with Crippen molar-refractivity contribution in [2.24, 2.45) is 23.2 Å². The van der Waals surface area contributed by atoms with Crippen molar-refractivity contribution < 1.29 is 19.4 Å². The predicted octanol–water partition coefficient (Wildman–Crippen LogP) is 5.40. The summed E-state index contributed by atoms with van der Waals surface area (Å²) in [7, 11) is 1.41. The number of Topliss-reactive ketones (excluding diaryl/α,β-unsaturated/α-hetero) is 1. The number of ether oxygens (including phenoxy) is 1. The number of rotatable bonds is 13. The second-order valence-electron chi connectivity index (χ2n) is 8.96. The Morgan fingerprint density at radius 1 is 1.31 bits per heavy atom. The van der Waals surface area contributed by atoms with Crippen LogP contribution in [-0.2, 0) is 14.3 Å². The van der Waals surface area contributed by atoms with Gasteiger partial charge >= 0.3 is 5.97 Å². The highest BCUT2D eigenvalue weighted by molar-refractivity contribution is 5.83. The van der Waals surface area contributed by atoms with Gasteiger partial charge in [0.05, 0.1) is 7.11 Å². The predicted molar refractivity (Wildman–Crippen MR) is 116 cm³/mol. The lowest BCUT2D eigenvalue weighted by Crippen LogP contribution is -2.39. The van der Waals surface area contributed by atoms with Crippen LogP contribution in [0.2, 0.25) is 0 Å². The van der Waals surface area contributed by atoms with Crippen molar-refractivity contribution in [2.75, 3.05) is 13.7 Å². The molecule has 2 saturated carbocycles. The zero-order valence-corrected chi connectivity index (χ0v) is 18.4. The smallest absolute Gasteiger partial charge is 0.305 e. The Morgan fingerprint density at radius 2 is 2.10 bits per heavy atom. The molecule has 2 fully saturated rings. The van der Waals surface area contributed by atoms with E-state index in [2.05, 4.69) is 36.0 Å². The molecule has 0 bridgehead atoms. The average Bonchev–Trinajstić information content (AvgIpc) is 3.04. The van der Waals surface area contributed by atoms with E-state index < -0.39 is 0 Å². The largest absolute Gasteiger partial charge is 0.469 e. The number of methoxy groups -OCH3 is 1. The molecule has 3 atom stereocenters. The molecule has 0 aliphatic heterocycles. The molecule has 0 saturated heterocycles.